The summed E-state index contributed by atoms with van der Waals surface area (Å²) in [5, 5.41) is 2.82. The fourth-order valence-electron chi connectivity index (χ4n) is 1.67. The smallest absolute Gasteiger partial charge is 0.241 e. The molecule has 0 saturated heterocycles. The summed E-state index contributed by atoms with van der Waals surface area (Å²) in [6.07, 6.45) is 4.25. The highest BCUT2D eigenvalue weighted by atomic mass is 32.2. The molecule has 7 heteroatoms. The van der Waals surface area contributed by atoms with Crippen LogP contribution in [0.1, 0.15) is 6.42 Å². The molecule has 0 saturated carbocycles. The van der Waals surface area contributed by atoms with Crippen molar-refractivity contribution in [2.45, 2.75) is 12.5 Å². The maximum atomic E-state index is 12.1. The van der Waals surface area contributed by atoms with Gasteiger partial charge in [0.15, 0.2) is 0 Å². The van der Waals surface area contributed by atoms with Crippen molar-refractivity contribution in [1.82, 2.24) is 4.98 Å². The summed E-state index contributed by atoms with van der Waals surface area (Å²) in [4.78, 5) is 18.1. The summed E-state index contributed by atoms with van der Waals surface area (Å²) in [5.41, 5.74) is 7.24. The van der Waals surface area contributed by atoms with Gasteiger partial charge in [-0.3, -0.25) is 4.79 Å². The van der Waals surface area contributed by atoms with Crippen LogP contribution >= 0.6 is 11.8 Å². The van der Waals surface area contributed by atoms with Gasteiger partial charge >= 0.3 is 0 Å². The zero-order valence-electron chi connectivity index (χ0n) is 12.3. The topological polar surface area (TPSA) is 80.5 Å². The van der Waals surface area contributed by atoms with E-state index in [1.807, 2.05) is 31.3 Å². The quantitative estimate of drug-likeness (QED) is 0.786. The molecule has 0 fully saturated rings. The summed E-state index contributed by atoms with van der Waals surface area (Å²) in [7, 11) is 5.29. The van der Waals surface area contributed by atoms with Crippen molar-refractivity contribution in [2.75, 3.05) is 43.4 Å². The van der Waals surface area contributed by atoms with Crippen LogP contribution in [0.15, 0.2) is 12.3 Å². The minimum absolute atomic E-state index is 0.228. The van der Waals surface area contributed by atoms with Crippen LogP contribution in [0.3, 0.4) is 0 Å². The largest absolute Gasteiger partial charge is 0.479 e. The number of nitrogens with zero attached hydrogens (tertiary/aromatic N) is 2. The van der Waals surface area contributed by atoms with Crippen LogP contribution in [-0.4, -0.2) is 50.1 Å². The number of nitrogens with two attached hydrogens (primary N) is 1. The zero-order chi connectivity index (χ0) is 15.1. The Morgan fingerprint density at radius 2 is 2.30 bits per heavy atom. The van der Waals surface area contributed by atoms with Crippen molar-refractivity contribution in [3.05, 3.63) is 12.3 Å². The van der Waals surface area contributed by atoms with Gasteiger partial charge in [0.25, 0.3) is 0 Å². The number of methoxy groups -OCH3 is 1. The van der Waals surface area contributed by atoms with Crippen molar-refractivity contribution in [1.29, 1.82) is 0 Å². The van der Waals surface area contributed by atoms with Gasteiger partial charge in [0.2, 0.25) is 11.8 Å². The molecule has 1 amide bonds. The van der Waals surface area contributed by atoms with E-state index < -0.39 is 6.04 Å². The van der Waals surface area contributed by atoms with Gasteiger partial charge in [-0.15, -0.1) is 0 Å². The molecule has 0 aromatic carbocycles. The molecule has 0 unspecified atom stereocenters. The molecule has 0 aliphatic rings. The third kappa shape index (κ3) is 4.28. The number of aromatic nitrogens is 1. The van der Waals surface area contributed by atoms with E-state index >= 15 is 0 Å². The lowest BCUT2D eigenvalue weighted by Crippen LogP contribution is -2.36. The van der Waals surface area contributed by atoms with Gasteiger partial charge in [0, 0.05) is 20.3 Å². The number of thioether (sulfide) groups is 1. The Bertz CT molecular complexity index is 454. The van der Waals surface area contributed by atoms with Crippen LogP contribution in [0.25, 0.3) is 0 Å². The molecule has 112 valence electrons. The second-order valence-corrected chi connectivity index (χ2v) is 5.47. The molecule has 0 radical (unpaired) electrons. The number of anilines is 2. The van der Waals surface area contributed by atoms with Crippen LogP contribution in [0.4, 0.5) is 11.4 Å². The Balaban J connectivity index is 2.92. The van der Waals surface area contributed by atoms with Crippen LogP contribution in [-0.2, 0) is 4.79 Å². The van der Waals surface area contributed by atoms with Gasteiger partial charge in [0.05, 0.1) is 18.8 Å². The molecule has 0 aliphatic carbocycles. The van der Waals surface area contributed by atoms with Gasteiger partial charge in [-0.2, -0.15) is 11.8 Å². The first-order valence-electron chi connectivity index (χ1n) is 6.27. The van der Waals surface area contributed by atoms with E-state index in [9.17, 15) is 4.79 Å². The molecule has 1 aromatic rings. The Morgan fingerprint density at radius 3 is 2.85 bits per heavy atom. The first-order valence-corrected chi connectivity index (χ1v) is 7.66. The fourth-order valence-corrected chi connectivity index (χ4v) is 2.16. The third-order valence-electron chi connectivity index (χ3n) is 2.79. The lowest BCUT2D eigenvalue weighted by atomic mass is 10.2. The lowest BCUT2D eigenvalue weighted by molar-refractivity contribution is -0.117. The van der Waals surface area contributed by atoms with Gasteiger partial charge in [-0.1, -0.05) is 0 Å². The van der Waals surface area contributed by atoms with Crippen LogP contribution in [0.5, 0.6) is 5.88 Å². The molecule has 0 aliphatic heterocycles. The number of hydrogen-bond acceptors (Lipinski definition) is 6. The van der Waals surface area contributed by atoms with Gasteiger partial charge in [-0.05, 0) is 24.5 Å². The summed E-state index contributed by atoms with van der Waals surface area (Å²) >= 11 is 1.66. The van der Waals surface area contributed by atoms with E-state index in [1.165, 1.54) is 7.11 Å². The minimum atomic E-state index is -0.539. The highest BCUT2D eigenvalue weighted by molar-refractivity contribution is 7.98. The zero-order valence-corrected chi connectivity index (χ0v) is 13.2. The minimum Gasteiger partial charge on any atom is -0.479 e. The molecular weight excluding hydrogens is 276 g/mol. The monoisotopic (exact) mass is 298 g/mol. The first-order chi connectivity index (χ1) is 9.51. The van der Waals surface area contributed by atoms with Crippen LogP contribution < -0.4 is 20.7 Å². The molecule has 6 nitrogen and oxygen atoms in total. The Labute approximate surface area is 124 Å². The van der Waals surface area contributed by atoms with E-state index in [4.69, 9.17) is 10.5 Å². The normalized spacial score (nSPS) is 11.8. The fraction of sp³-hybridized carbons (Fsp3) is 0.538. The first kappa shape index (κ1) is 16.6. The second-order valence-electron chi connectivity index (χ2n) is 4.49. The SMILES string of the molecule is COc1nccc(N(C)C)c1NC(=O)[C@H](N)CCSC. The number of pyridine rings is 1. The summed E-state index contributed by atoms with van der Waals surface area (Å²) in [6, 6.07) is 1.27. The Morgan fingerprint density at radius 1 is 1.60 bits per heavy atom. The van der Waals surface area contributed by atoms with E-state index in [-0.39, 0.29) is 5.91 Å². The predicted octanol–water partition coefficient (Wildman–Crippen LogP) is 1.18. The highest BCUT2D eigenvalue weighted by Gasteiger charge is 2.19. The van der Waals surface area contributed by atoms with E-state index in [0.29, 0.717) is 18.0 Å². The third-order valence-corrected chi connectivity index (χ3v) is 3.43. The lowest BCUT2D eigenvalue weighted by Gasteiger charge is -2.20. The molecule has 1 aromatic heterocycles. The average Bonchev–Trinajstić information content (AvgIpc) is 2.44. The van der Waals surface area contributed by atoms with Crippen LogP contribution in [0, 0.1) is 0 Å². The molecule has 0 bridgehead atoms. The van der Waals surface area contributed by atoms with Gasteiger partial charge < -0.3 is 20.7 Å². The molecule has 1 rings (SSSR count). The summed E-state index contributed by atoms with van der Waals surface area (Å²) in [6.45, 7) is 0. The number of ether oxygens (including phenoxy) is 1. The van der Waals surface area contributed by atoms with Crippen molar-refractivity contribution in [3.63, 3.8) is 0 Å². The highest BCUT2D eigenvalue weighted by Crippen LogP contribution is 2.32. The van der Waals surface area contributed by atoms with Gasteiger partial charge in [-0.25, -0.2) is 4.98 Å². The molecule has 3 N–H and O–H groups in total. The standard InChI is InChI=1S/C13H22N4O2S/c1-17(2)10-5-7-15-13(19-3)11(10)16-12(18)9(14)6-8-20-4/h5,7,9H,6,8,14H2,1-4H3,(H,16,18)/t9-/m1/s1. The molecule has 1 heterocycles. The maximum absolute atomic E-state index is 12.1. The number of rotatable bonds is 7. The Kier molecular flexibility index (Phi) is 6.60. The molecule has 0 spiro atoms. The summed E-state index contributed by atoms with van der Waals surface area (Å²) in [5.74, 6) is 0.995. The van der Waals surface area contributed by atoms with E-state index in [1.54, 1.807) is 18.0 Å². The van der Waals surface area contributed by atoms with Crippen molar-refractivity contribution in [3.8, 4) is 5.88 Å². The second kappa shape index (κ2) is 7.96. The maximum Gasteiger partial charge on any atom is 0.241 e. The average molecular weight is 298 g/mol. The molecule has 20 heavy (non-hydrogen) atoms. The number of hydrogen-bond donors (Lipinski definition) is 2. The predicted molar refractivity (Wildman–Crippen MR) is 84.7 cm³/mol. The number of nitrogens with one attached hydrogen (secondary N) is 1. The van der Waals surface area contributed by atoms with Crippen molar-refractivity contribution < 1.29 is 9.53 Å². The molecule has 1 atom stereocenters. The van der Waals surface area contributed by atoms with Crippen molar-refractivity contribution in [2.24, 2.45) is 5.73 Å². The van der Waals surface area contributed by atoms with E-state index in [0.717, 1.165) is 11.4 Å². The molecular formula is C13H22N4O2S. The number of carbonyl (C=O) groups excluding carboxylic acids is 1. The van der Waals surface area contributed by atoms with E-state index in [2.05, 4.69) is 10.3 Å². The van der Waals surface area contributed by atoms with Crippen molar-refractivity contribution >= 4 is 29.0 Å². The summed E-state index contributed by atoms with van der Waals surface area (Å²) < 4.78 is 5.20. The number of carbonyl (C=O) groups is 1. The van der Waals surface area contributed by atoms with Gasteiger partial charge in [0.1, 0.15) is 5.69 Å². The Hall–Kier alpha value is -1.47. The van der Waals surface area contributed by atoms with Crippen LogP contribution in [0.2, 0.25) is 0 Å². The number of amides is 1.